The molecule has 0 atom stereocenters. The number of ether oxygens (including phenoxy) is 1. The Balaban J connectivity index is 1.55. The highest BCUT2D eigenvalue weighted by Crippen LogP contribution is 2.26. The van der Waals surface area contributed by atoms with Gasteiger partial charge in [-0.1, -0.05) is 35.4 Å². The topological polar surface area (TPSA) is 94.0 Å². The van der Waals surface area contributed by atoms with Gasteiger partial charge in [-0.15, -0.1) is 0 Å². The van der Waals surface area contributed by atoms with Gasteiger partial charge in [0, 0.05) is 25.8 Å². The lowest BCUT2D eigenvalue weighted by Gasteiger charge is -2.11. The van der Waals surface area contributed by atoms with Crippen molar-refractivity contribution in [2.24, 2.45) is 0 Å². The van der Waals surface area contributed by atoms with Gasteiger partial charge in [0.1, 0.15) is 12.4 Å². The predicted octanol–water partition coefficient (Wildman–Crippen LogP) is 3.73. The van der Waals surface area contributed by atoms with Crippen molar-refractivity contribution in [2.75, 3.05) is 25.5 Å². The molecule has 0 radical (unpaired) electrons. The second-order valence-corrected chi connectivity index (χ2v) is 8.00. The summed E-state index contributed by atoms with van der Waals surface area (Å²) >= 11 is 0. The molecule has 33 heavy (non-hydrogen) atoms. The Morgan fingerprint density at radius 3 is 2.27 bits per heavy atom. The molecule has 2 heterocycles. The van der Waals surface area contributed by atoms with Crippen LogP contribution in [0.4, 0.5) is 5.82 Å². The fourth-order valence-electron chi connectivity index (χ4n) is 3.58. The molecule has 0 unspecified atom stereocenters. The summed E-state index contributed by atoms with van der Waals surface area (Å²) in [7, 11) is 1.61. The molecule has 0 aliphatic rings. The molecule has 4 aromatic rings. The van der Waals surface area contributed by atoms with Gasteiger partial charge in [-0.25, -0.2) is 14.6 Å². The minimum Gasteiger partial charge on any atom is -0.377 e. The number of nitrogens with one attached hydrogen (secondary N) is 2. The third-order valence-corrected chi connectivity index (χ3v) is 5.32. The molecule has 8 nitrogen and oxygen atoms in total. The number of amides is 1. The molecule has 0 aliphatic heterocycles. The molecule has 0 saturated carbocycles. The molecule has 2 aromatic heterocycles. The first-order valence-corrected chi connectivity index (χ1v) is 10.9. The molecule has 1 amide bonds. The van der Waals surface area contributed by atoms with E-state index in [0.717, 1.165) is 22.3 Å². The maximum Gasteiger partial charge on any atom is 0.251 e. The molecular formula is C25H28N6O2. The van der Waals surface area contributed by atoms with Crippen LogP contribution in [0.25, 0.3) is 16.7 Å². The molecule has 0 aliphatic carbocycles. The van der Waals surface area contributed by atoms with Crippen LogP contribution in [0.15, 0.2) is 48.5 Å². The van der Waals surface area contributed by atoms with Gasteiger partial charge in [-0.05, 0) is 45.0 Å². The molecule has 0 fully saturated rings. The quantitative estimate of drug-likeness (QED) is 0.402. The van der Waals surface area contributed by atoms with E-state index in [4.69, 9.17) is 14.8 Å². The van der Waals surface area contributed by atoms with Crippen molar-refractivity contribution in [1.29, 1.82) is 0 Å². The van der Waals surface area contributed by atoms with E-state index in [1.54, 1.807) is 7.11 Å². The van der Waals surface area contributed by atoms with E-state index < -0.39 is 0 Å². The van der Waals surface area contributed by atoms with Crippen molar-refractivity contribution in [1.82, 2.24) is 25.1 Å². The molecule has 170 valence electrons. The van der Waals surface area contributed by atoms with Crippen molar-refractivity contribution in [2.45, 2.75) is 27.4 Å². The van der Waals surface area contributed by atoms with Gasteiger partial charge < -0.3 is 15.4 Å². The first kappa shape index (κ1) is 22.4. The number of carbonyl (C=O) groups excluding carboxylic acids is 1. The van der Waals surface area contributed by atoms with Gasteiger partial charge >= 0.3 is 0 Å². The summed E-state index contributed by atoms with van der Waals surface area (Å²) in [6.45, 7) is 7.22. The van der Waals surface area contributed by atoms with Gasteiger partial charge in [0.2, 0.25) is 0 Å². The van der Waals surface area contributed by atoms with E-state index in [0.29, 0.717) is 35.9 Å². The highest BCUT2D eigenvalue weighted by atomic mass is 16.5. The maximum absolute atomic E-state index is 12.4. The Kier molecular flexibility index (Phi) is 6.65. The number of hydrogen-bond acceptors (Lipinski definition) is 6. The SMILES string of the molecule is COCc1nc(NCCNC(=O)c2ccc(C)cc2)c2c(C)nn(-c3ccc(C)cc3)c2n1. The lowest BCUT2D eigenvalue weighted by Crippen LogP contribution is -2.29. The van der Waals surface area contributed by atoms with Crippen LogP contribution in [0, 0.1) is 20.8 Å². The molecular weight excluding hydrogens is 416 g/mol. The largest absolute Gasteiger partial charge is 0.377 e. The first-order chi connectivity index (χ1) is 16.0. The Labute approximate surface area is 193 Å². The Morgan fingerprint density at radius 2 is 1.61 bits per heavy atom. The van der Waals surface area contributed by atoms with Crippen molar-refractivity contribution < 1.29 is 9.53 Å². The standard InChI is InChI=1S/C25H28N6O2/c1-16-5-9-19(10-6-16)25(32)27-14-13-26-23-22-18(3)30-31(20-11-7-17(2)8-12-20)24(22)29-21(28-23)15-33-4/h5-12H,13-15H2,1-4H3,(H,27,32)(H,26,28,29). The van der Waals surface area contributed by atoms with Crippen LogP contribution >= 0.6 is 0 Å². The van der Waals surface area contributed by atoms with Gasteiger partial charge in [0.05, 0.1) is 16.8 Å². The van der Waals surface area contributed by atoms with Crippen LogP contribution < -0.4 is 10.6 Å². The number of rotatable bonds is 8. The fourth-order valence-corrected chi connectivity index (χ4v) is 3.58. The first-order valence-electron chi connectivity index (χ1n) is 10.9. The number of methoxy groups -OCH3 is 1. The second-order valence-electron chi connectivity index (χ2n) is 8.00. The lowest BCUT2D eigenvalue weighted by atomic mass is 10.1. The summed E-state index contributed by atoms with van der Waals surface area (Å²) in [6, 6.07) is 15.6. The van der Waals surface area contributed by atoms with Crippen molar-refractivity contribution >= 4 is 22.8 Å². The average molecular weight is 445 g/mol. The third-order valence-electron chi connectivity index (χ3n) is 5.32. The highest BCUT2D eigenvalue weighted by Gasteiger charge is 2.17. The van der Waals surface area contributed by atoms with Crippen molar-refractivity contribution in [3.05, 3.63) is 76.7 Å². The summed E-state index contributed by atoms with van der Waals surface area (Å²) in [6.07, 6.45) is 0. The van der Waals surface area contributed by atoms with Gasteiger partial charge in [-0.3, -0.25) is 4.79 Å². The molecule has 2 aromatic carbocycles. The Hall–Kier alpha value is -3.78. The number of aromatic nitrogens is 4. The zero-order valence-corrected chi connectivity index (χ0v) is 19.3. The van der Waals surface area contributed by atoms with Crippen LogP contribution in [0.5, 0.6) is 0 Å². The minimum atomic E-state index is -0.104. The number of aryl methyl sites for hydroxylation is 3. The number of hydrogen-bond donors (Lipinski definition) is 2. The maximum atomic E-state index is 12.4. The van der Waals surface area contributed by atoms with Crippen LogP contribution in [-0.2, 0) is 11.3 Å². The third kappa shape index (κ3) is 5.01. The highest BCUT2D eigenvalue weighted by molar-refractivity contribution is 5.94. The summed E-state index contributed by atoms with van der Waals surface area (Å²) in [5.41, 5.74) is 5.40. The Morgan fingerprint density at radius 1 is 0.939 bits per heavy atom. The summed E-state index contributed by atoms with van der Waals surface area (Å²) in [5.74, 6) is 1.13. The van der Waals surface area contributed by atoms with Crippen LogP contribution in [0.3, 0.4) is 0 Å². The van der Waals surface area contributed by atoms with Crippen molar-refractivity contribution in [3.63, 3.8) is 0 Å². The number of fused-ring (bicyclic) bond motifs is 1. The van der Waals surface area contributed by atoms with E-state index in [2.05, 4.69) is 22.5 Å². The zero-order valence-electron chi connectivity index (χ0n) is 19.3. The molecule has 4 rings (SSSR count). The lowest BCUT2D eigenvalue weighted by molar-refractivity contribution is 0.0955. The van der Waals surface area contributed by atoms with Crippen LogP contribution in [-0.4, -0.2) is 45.9 Å². The molecule has 0 saturated heterocycles. The monoisotopic (exact) mass is 444 g/mol. The van der Waals surface area contributed by atoms with E-state index in [1.807, 2.05) is 67.1 Å². The van der Waals surface area contributed by atoms with E-state index >= 15 is 0 Å². The van der Waals surface area contributed by atoms with Gasteiger partial charge in [0.25, 0.3) is 5.91 Å². The normalized spacial score (nSPS) is 11.0. The number of nitrogens with zero attached hydrogens (tertiary/aromatic N) is 4. The van der Waals surface area contributed by atoms with Crippen LogP contribution in [0.2, 0.25) is 0 Å². The summed E-state index contributed by atoms with van der Waals surface area (Å²) in [4.78, 5) is 21.7. The molecule has 0 bridgehead atoms. The number of anilines is 1. The summed E-state index contributed by atoms with van der Waals surface area (Å²) in [5, 5.41) is 11.8. The van der Waals surface area contributed by atoms with Gasteiger partial charge in [0.15, 0.2) is 11.5 Å². The van der Waals surface area contributed by atoms with E-state index in [1.165, 1.54) is 5.56 Å². The minimum absolute atomic E-state index is 0.104. The molecule has 8 heteroatoms. The predicted molar refractivity (Wildman–Crippen MR) is 129 cm³/mol. The molecule has 0 spiro atoms. The van der Waals surface area contributed by atoms with E-state index in [-0.39, 0.29) is 12.5 Å². The average Bonchev–Trinajstić information content (AvgIpc) is 3.14. The number of benzene rings is 2. The Bertz CT molecular complexity index is 1260. The van der Waals surface area contributed by atoms with Crippen LogP contribution in [0.1, 0.15) is 33.0 Å². The number of carbonyl (C=O) groups is 1. The van der Waals surface area contributed by atoms with Gasteiger partial charge in [-0.2, -0.15) is 5.10 Å². The zero-order chi connectivity index (χ0) is 23.4. The van der Waals surface area contributed by atoms with Crippen molar-refractivity contribution in [3.8, 4) is 5.69 Å². The van der Waals surface area contributed by atoms with E-state index in [9.17, 15) is 4.79 Å². The smallest absolute Gasteiger partial charge is 0.251 e. The fraction of sp³-hybridized carbons (Fsp3) is 0.280. The molecule has 2 N–H and O–H groups in total. The summed E-state index contributed by atoms with van der Waals surface area (Å²) < 4.78 is 7.10. The second kappa shape index (κ2) is 9.79.